The molecule has 0 bridgehead atoms. The van der Waals surface area contributed by atoms with Crippen molar-refractivity contribution in [2.24, 2.45) is 0 Å². The van der Waals surface area contributed by atoms with Gasteiger partial charge in [0.1, 0.15) is 30.9 Å². The first-order valence-corrected chi connectivity index (χ1v) is 9.92. The number of nitrogens with zero attached hydrogens (tertiary/aromatic N) is 2. The average Bonchev–Trinajstić information content (AvgIpc) is 2.94. The van der Waals surface area contributed by atoms with Gasteiger partial charge in [-0.2, -0.15) is 4.98 Å². The summed E-state index contributed by atoms with van der Waals surface area (Å²) in [6, 6.07) is 10.0. The van der Waals surface area contributed by atoms with E-state index in [-0.39, 0.29) is 18.8 Å². The molecular formula is C22H23N3O7. The minimum atomic E-state index is -0.823. The quantitative estimate of drug-likeness (QED) is 0.532. The standard InChI is InChI=1S/C22H23N3O7/c1-14(26)30-13-18-17(31-15(2)27)9-6-10-20(32-18)25-12-11-19(24-22(25)29)23-21(28)16-7-4-3-5-8-16/h3-9,11-12,17-18,20H,10,13H2,1-2H3,(H,23,24,28,29)/t17-,18+,20+/m0/s1. The average molecular weight is 441 g/mol. The summed E-state index contributed by atoms with van der Waals surface area (Å²) in [5.41, 5.74) is -0.216. The molecule has 2 aromatic rings. The molecule has 1 N–H and O–H groups in total. The lowest BCUT2D eigenvalue weighted by Crippen LogP contribution is -2.38. The smallest absolute Gasteiger partial charge is 0.351 e. The van der Waals surface area contributed by atoms with Gasteiger partial charge in [0.25, 0.3) is 5.91 Å². The largest absolute Gasteiger partial charge is 0.463 e. The Balaban J connectivity index is 1.76. The summed E-state index contributed by atoms with van der Waals surface area (Å²) < 4.78 is 17.5. The highest BCUT2D eigenvalue weighted by atomic mass is 16.6. The third-order valence-corrected chi connectivity index (χ3v) is 4.53. The Morgan fingerprint density at radius 1 is 1.16 bits per heavy atom. The molecule has 0 unspecified atom stereocenters. The van der Waals surface area contributed by atoms with E-state index in [1.165, 1.54) is 30.7 Å². The van der Waals surface area contributed by atoms with E-state index in [0.29, 0.717) is 5.56 Å². The van der Waals surface area contributed by atoms with Gasteiger partial charge in [-0.1, -0.05) is 24.3 Å². The molecule has 1 amide bonds. The molecule has 0 saturated carbocycles. The number of aromatic nitrogens is 2. The van der Waals surface area contributed by atoms with Crippen molar-refractivity contribution in [3.8, 4) is 0 Å². The van der Waals surface area contributed by atoms with Crippen LogP contribution in [-0.4, -0.2) is 46.2 Å². The molecule has 0 radical (unpaired) electrons. The van der Waals surface area contributed by atoms with Crippen molar-refractivity contribution in [2.75, 3.05) is 11.9 Å². The van der Waals surface area contributed by atoms with Crippen molar-refractivity contribution in [2.45, 2.75) is 38.7 Å². The van der Waals surface area contributed by atoms with E-state index in [1.54, 1.807) is 42.5 Å². The van der Waals surface area contributed by atoms with Gasteiger partial charge in [0.2, 0.25) is 0 Å². The van der Waals surface area contributed by atoms with Gasteiger partial charge in [-0.25, -0.2) is 4.79 Å². The lowest BCUT2D eigenvalue weighted by molar-refractivity contribution is -0.167. The van der Waals surface area contributed by atoms with Gasteiger partial charge in [0.15, 0.2) is 0 Å². The molecule has 1 aliphatic heterocycles. The zero-order chi connectivity index (χ0) is 23.1. The van der Waals surface area contributed by atoms with Crippen LogP contribution < -0.4 is 11.0 Å². The highest BCUT2D eigenvalue weighted by Crippen LogP contribution is 2.23. The molecule has 10 heteroatoms. The SMILES string of the molecule is CC(=O)OC[C@H]1O[C@@H](n2ccc(NC(=O)c3ccccc3)nc2=O)CC=C[C@@H]1OC(C)=O. The summed E-state index contributed by atoms with van der Waals surface area (Å²) in [6.07, 6.45) is 2.67. The number of hydrogen-bond acceptors (Lipinski definition) is 8. The van der Waals surface area contributed by atoms with E-state index >= 15 is 0 Å². The molecule has 3 atom stereocenters. The van der Waals surface area contributed by atoms with Crippen molar-refractivity contribution in [3.63, 3.8) is 0 Å². The summed E-state index contributed by atoms with van der Waals surface area (Å²) >= 11 is 0. The zero-order valence-corrected chi connectivity index (χ0v) is 17.6. The molecule has 3 rings (SSSR count). The molecule has 10 nitrogen and oxygen atoms in total. The van der Waals surface area contributed by atoms with Crippen LogP contribution in [0, 0.1) is 0 Å². The van der Waals surface area contributed by atoms with E-state index in [2.05, 4.69) is 10.3 Å². The van der Waals surface area contributed by atoms with Crippen LogP contribution in [0.3, 0.4) is 0 Å². The predicted octanol–water partition coefficient (Wildman–Crippen LogP) is 1.83. The second-order valence-electron chi connectivity index (χ2n) is 6.99. The van der Waals surface area contributed by atoms with Crippen LogP contribution in [-0.2, 0) is 23.8 Å². The second-order valence-corrected chi connectivity index (χ2v) is 6.99. The first-order chi connectivity index (χ1) is 15.3. The zero-order valence-electron chi connectivity index (χ0n) is 17.6. The molecule has 168 valence electrons. The fourth-order valence-corrected chi connectivity index (χ4v) is 3.09. The Labute approximate surface area is 183 Å². The van der Waals surface area contributed by atoms with E-state index in [9.17, 15) is 19.2 Å². The van der Waals surface area contributed by atoms with Crippen molar-refractivity contribution in [1.82, 2.24) is 9.55 Å². The number of amides is 1. The fraction of sp³-hybridized carbons (Fsp3) is 0.318. The minimum Gasteiger partial charge on any atom is -0.463 e. The number of rotatable bonds is 6. The Hall–Kier alpha value is -3.79. The van der Waals surface area contributed by atoms with Gasteiger partial charge in [-0.15, -0.1) is 0 Å². The van der Waals surface area contributed by atoms with Gasteiger partial charge >= 0.3 is 17.6 Å². The van der Waals surface area contributed by atoms with Crippen molar-refractivity contribution >= 4 is 23.7 Å². The number of carbonyl (C=O) groups is 3. The minimum absolute atomic E-state index is 0.0959. The van der Waals surface area contributed by atoms with Crippen molar-refractivity contribution in [1.29, 1.82) is 0 Å². The first-order valence-electron chi connectivity index (χ1n) is 9.92. The normalized spacial score (nSPS) is 20.1. The summed E-state index contributed by atoms with van der Waals surface area (Å²) in [7, 11) is 0. The number of nitrogens with one attached hydrogen (secondary N) is 1. The van der Waals surface area contributed by atoms with E-state index in [0.717, 1.165) is 0 Å². The monoisotopic (exact) mass is 441 g/mol. The summed E-state index contributed by atoms with van der Waals surface area (Å²) in [5.74, 6) is -1.34. The number of anilines is 1. The van der Waals surface area contributed by atoms with Crippen LogP contribution in [0.4, 0.5) is 5.82 Å². The number of hydrogen-bond donors (Lipinski definition) is 1. The fourth-order valence-electron chi connectivity index (χ4n) is 3.09. The van der Waals surface area contributed by atoms with Gasteiger partial charge < -0.3 is 19.5 Å². The molecule has 0 fully saturated rings. The van der Waals surface area contributed by atoms with Gasteiger partial charge in [0.05, 0.1) is 0 Å². The molecule has 2 heterocycles. The van der Waals surface area contributed by atoms with Crippen LogP contribution in [0.1, 0.15) is 36.9 Å². The van der Waals surface area contributed by atoms with Gasteiger partial charge in [-0.3, -0.25) is 19.0 Å². The third-order valence-electron chi connectivity index (χ3n) is 4.53. The van der Waals surface area contributed by atoms with Crippen LogP contribution in [0.2, 0.25) is 0 Å². The molecular weight excluding hydrogens is 418 g/mol. The maximum atomic E-state index is 12.6. The number of benzene rings is 1. The summed E-state index contributed by atoms with van der Waals surface area (Å²) in [6.45, 7) is 2.35. The topological polar surface area (TPSA) is 126 Å². The Morgan fingerprint density at radius 2 is 1.91 bits per heavy atom. The Kier molecular flexibility index (Phi) is 7.50. The second kappa shape index (κ2) is 10.5. The van der Waals surface area contributed by atoms with Gasteiger partial charge in [0, 0.05) is 32.0 Å². The maximum absolute atomic E-state index is 12.6. The highest BCUT2D eigenvalue weighted by Gasteiger charge is 2.30. The summed E-state index contributed by atoms with van der Waals surface area (Å²) in [5, 5.41) is 2.58. The Bertz CT molecular complexity index is 1060. The molecule has 0 saturated heterocycles. The van der Waals surface area contributed by atoms with Crippen LogP contribution in [0.5, 0.6) is 0 Å². The third kappa shape index (κ3) is 6.11. The van der Waals surface area contributed by atoms with E-state index in [4.69, 9.17) is 14.2 Å². The first kappa shape index (κ1) is 22.9. The number of esters is 2. The summed E-state index contributed by atoms with van der Waals surface area (Å²) in [4.78, 5) is 51.5. The predicted molar refractivity (Wildman–Crippen MR) is 113 cm³/mol. The van der Waals surface area contributed by atoms with Crippen molar-refractivity contribution < 1.29 is 28.6 Å². The highest BCUT2D eigenvalue weighted by molar-refractivity contribution is 6.03. The van der Waals surface area contributed by atoms with Crippen LogP contribution in [0.15, 0.2) is 59.5 Å². The van der Waals surface area contributed by atoms with Gasteiger partial charge in [-0.05, 0) is 24.3 Å². The molecule has 32 heavy (non-hydrogen) atoms. The van der Waals surface area contributed by atoms with Crippen LogP contribution in [0.25, 0.3) is 0 Å². The molecule has 1 aliphatic rings. The molecule has 1 aromatic heterocycles. The number of ether oxygens (including phenoxy) is 3. The number of carbonyl (C=O) groups excluding carboxylic acids is 3. The Morgan fingerprint density at radius 3 is 2.56 bits per heavy atom. The molecule has 0 aliphatic carbocycles. The van der Waals surface area contributed by atoms with E-state index < -0.39 is 42.0 Å². The van der Waals surface area contributed by atoms with Crippen LogP contribution >= 0.6 is 0 Å². The maximum Gasteiger partial charge on any atom is 0.351 e. The van der Waals surface area contributed by atoms with Crippen molar-refractivity contribution in [3.05, 3.63) is 70.8 Å². The molecule has 0 spiro atoms. The molecule has 1 aromatic carbocycles. The lowest BCUT2D eigenvalue weighted by Gasteiger charge is -2.27. The van der Waals surface area contributed by atoms with E-state index in [1.807, 2.05) is 0 Å². The lowest BCUT2D eigenvalue weighted by atomic mass is 10.2.